The van der Waals surface area contributed by atoms with Crippen molar-refractivity contribution in [2.45, 2.75) is 6.42 Å². The van der Waals surface area contributed by atoms with Gasteiger partial charge in [0.15, 0.2) is 0 Å². The van der Waals surface area contributed by atoms with Crippen LogP contribution in [0.5, 0.6) is 0 Å². The second kappa shape index (κ2) is 7.27. The number of aliphatic hydroxyl groups excluding tert-OH is 1. The molecular weight excluding hydrogens is 266 g/mol. The van der Waals surface area contributed by atoms with E-state index in [1.165, 1.54) is 0 Å². The first kappa shape index (κ1) is 14.8. The van der Waals surface area contributed by atoms with Crippen LogP contribution in [0.2, 0.25) is 0 Å². The number of rotatable bonds is 4. The molecule has 1 aromatic heterocycles. The van der Waals surface area contributed by atoms with E-state index in [1.54, 1.807) is 29.1 Å². The molecule has 1 amide bonds. The Balaban J connectivity index is 1.97. The third-order valence-corrected chi connectivity index (χ3v) is 2.93. The summed E-state index contributed by atoms with van der Waals surface area (Å²) < 4.78 is 1.73. The molecule has 2 aromatic rings. The lowest BCUT2D eigenvalue weighted by Gasteiger charge is -2.06. The highest BCUT2D eigenvalue weighted by Crippen LogP contribution is 2.07. The molecule has 1 heterocycles. The summed E-state index contributed by atoms with van der Waals surface area (Å²) in [7, 11) is 1.86. The highest BCUT2D eigenvalue weighted by molar-refractivity contribution is 5.96. The molecule has 0 unspecified atom stereocenters. The van der Waals surface area contributed by atoms with Crippen molar-refractivity contribution < 1.29 is 9.90 Å². The molecule has 2 rings (SSSR count). The van der Waals surface area contributed by atoms with Gasteiger partial charge in [-0.1, -0.05) is 24.0 Å². The molecule has 0 radical (unpaired) electrons. The van der Waals surface area contributed by atoms with E-state index in [0.717, 1.165) is 12.0 Å². The first-order chi connectivity index (χ1) is 10.2. The highest BCUT2D eigenvalue weighted by Gasteiger charge is 2.09. The van der Waals surface area contributed by atoms with Crippen LogP contribution in [0.1, 0.15) is 21.5 Å². The lowest BCUT2D eigenvalue weighted by molar-refractivity contribution is 0.0954. The predicted octanol–water partition coefficient (Wildman–Crippen LogP) is 0.736. The Hall–Kier alpha value is -2.58. The van der Waals surface area contributed by atoms with Crippen molar-refractivity contribution in [1.82, 2.24) is 15.1 Å². The molecule has 0 aliphatic heterocycles. The maximum atomic E-state index is 12.2. The number of nitrogens with zero attached hydrogens (tertiary/aromatic N) is 2. The highest BCUT2D eigenvalue weighted by atomic mass is 16.2. The first-order valence-electron chi connectivity index (χ1n) is 6.65. The number of nitrogens with one attached hydrogen (secondary N) is 1. The molecule has 0 saturated carbocycles. The second-order valence-electron chi connectivity index (χ2n) is 4.53. The number of carbonyl (C=O) groups is 1. The fraction of sp³-hybridized carbons (Fsp3) is 0.250. The Labute approximate surface area is 123 Å². The zero-order valence-electron chi connectivity index (χ0n) is 11.8. The average molecular weight is 283 g/mol. The zero-order valence-corrected chi connectivity index (χ0v) is 11.8. The molecule has 108 valence electrons. The summed E-state index contributed by atoms with van der Waals surface area (Å²) in [5.74, 6) is 5.18. The van der Waals surface area contributed by atoms with E-state index in [2.05, 4.69) is 22.3 Å². The molecule has 0 aliphatic rings. The summed E-state index contributed by atoms with van der Waals surface area (Å²) >= 11 is 0. The number of hydrogen-bond acceptors (Lipinski definition) is 3. The van der Waals surface area contributed by atoms with Gasteiger partial charge in [0.05, 0.1) is 11.8 Å². The number of hydrogen-bond donors (Lipinski definition) is 2. The molecule has 5 nitrogen and oxygen atoms in total. The van der Waals surface area contributed by atoms with Crippen LogP contribution in [0.15, 0.2) is 36.7 Å². The van der Waals surface area contributed by atoms with Crippen molar-refractivity contribution >= 4 is 5.91 Å². The van der Waals surface area contributed by atoms with Crippen LogP contribution in [-0.2, 0) is 13.5 Å². The van der Waals surface area contributed by atoms with Crippen LogP contribution >= 0.6 is 0 Å². The Kier molecular flexibility index (Phi) is 5.13. The van der Waals surface area contributed by atoms with E-state index in [0.29, 0.717) is 17.7 Å². The first-order valence-corrected chi connectivity index (χ1v) is 6.65. The zero-order chi connectivity index (χ0) is 15.1. The normalized spacial score (nSPS) is 9.81. The molecule has 0 saturated heterocycles. The number of carbonyl (C=O) groups excluding carboxylic acids is 1. The van der Waals surface area contributed by atoms with Gasteiger partial charge in [0.25, 0.3) is 5.91 Å². The topological polar surface area (TPSA) is 67.2 Å². The standard InChI is InChI=1S/C16H17N3O2/c1-19-12-13(11-18-19)8-9-17-16(21)15-7-3-2-5-14(15)6-4-10-20/h2-3,5,7,11-12,20H,8-10H2,1H3,(H,17,21). The minimum Gasteiger partial charge on any atom is -0.384 e. The van der Waals surface area contributed by atoms with Crippen molar-refractivity contribution in [2.75, 3.05) is 13.2 Å². The van der Waals surface area contributed by atoms with E-state index < -0.39 is 0 Å². The van der Waals surface area contributed by atoms with Gasteiger partial charge in [-0.15, -0.1) is 0 Å². The second-order valence-corrected chi connectivity index (χ2v) is 4.53. The van der Waals surface area contributed by atoms with E-state index >= 15 is 0 Å². The van der Waals surface area contributed by atoms with Gasteiger partial charge >= 0.3 is 0 Å². The Morgan fingerprint density at radius 2 is 2.24 bits per heavy atom. The molecule has 21 heavy (non-hydrogen) atoms. The van der Waals surface area contributed by atoms with Crippen molar-refractivity contribution in [3.8, 4) is 11.8 Å². The predicted molar refractivity (Wildman–Crippen MR) is 79.7 cm³/mol. The third kappa shape index (κ3) is 4.20. The van der Waals surface area contributed by atoms with E-state index in [4.69, 9.17) is 5.11 Å². The SMILES string of the molecule is Cn1cc(CCNC(=O)c2ccccc2C#CCO)cn1. The maximum absolute atomic E-state index is 12.2. The van der Waals surface area contributed by atoms with Gasteiger partial charge in [0, 0.05) is 25.4 Å². The Bertz CT molecular complexity index is 680. The lowest BCUT2D eigenvalue weighted by Crippen LogP contribution is -2.26. The smallest absolute Gasteiger partial charge is 0.252 e. The van der Waals surface area contributed by atoms with Crippen molar-refractivity contribution in [2.24, 2.45) is 7.05 Å². The number of benzene rings is 1. The van der Waals surface area contributed by atoms with Gasteiger partial charge in [-0.05, 0) is 24.1 Å². The molecule has 0 atom stereocenters. The van der Waals surface area contributed by atoms with Crippen LogP contribution in [0.4, 0.5) is 0 Å². The van der Waals surface area contributed by atoms with Crippen LogP contribution < -0.4 is 5.32 Å². The van der Waals surface area contributed by atoms with Gasteiger partial charge in [-0.25, -0.2) is 0 Å². The van der Waals surface area contributed by atoms with Gasteiger partial charge in [0.2, 0.25) is 0 Å². The number of aliphatic hydroxyl groups is 1. The van der Waals surface area contributed by atoms with Crippen molar-refractivity contribution in [1.29, 1.82) is 0 Å². The summed E-state index contributed by atoms with van der Waals surface area (Å²) in [5.41, 5.74) is 2.21. The minimum atomic E-state index is -0.225. The van der Waals surface area contributed by atoms with Crippen LogP contribution in [-0.4, -0.2) is 33.9 Å². The average Bonchev–Trinajstić information content (AvgIpc) is 2.91. The van der Waals surface area contributed by atoms with Crippen LogP contribution in [0.25, 0.3) is 0 Å². The summed E-state index contributed by atoms with van der Waals surface area (Å²) in [6, 6.07) is 7.09. The fourth-order valence-electron chi connectivity index (χ4n) is 1.94. The molecule has 2 N–H and O–H groups in total. The summed E-state index contributed by atoms with van der Waals surface area (Å²) in [5, 5.41) is 15.7. The number of aromatic nitrogens is 2. The summed E-state index contributed by atoms with van der Waals surface area (Å²) in [4.78, 5) is 12.2. The summed E-state index contributed by atoms with van der Waals surface area (Å²) in [6.07, 6.45) is 4.43. The van der Waals surface area contributed by atoms with Gasteiger partial charge < -0.3 is 10.4 Å². The van der Waals surface area contributed by atoms with E-state index in [-0.39, 0.29) is 12.5 Å². The van der Waals surface area contributed by atoms with Crippen LogP contribution in [0, 0.1) is 11.8 Å². The molecule has 0 bridgehead atoms. The largest absolute Gasteiger partial charge is 0.384 e. The third-order valence-electron chi connectivity index (χ3n) is 2.93. The number of aryl methyl sites for hydroxylation is 1. The minimum absolute atomic E-state index is 0.165. The number of amides is 1. The Morgan fingerprint density at radius 1 is 1.43 bits per heavy atom. The monoisotopic (exact) mass is 283 g/mol. The fourth-order valence-corrected chi connectivity index (χ4v) is 1.94. The quantitative estimate of drug-likeness (QED) is 0.813. The van der Waals surface area contributed by atoms with Gasteiger partial charge in [-0.3, -0.25) is 9.48 Å². The van der Waals surface area contributed by atoms with Crippen molar-refractivity contribution in [3.63, 3.8) is 0 Å². The molecule has 0 fully saturated rings. The Morgan fingerprint density at radius 3 is 2.95 bits per heavy atom. The molecule has 0 spiro atoms. The lowest BCUT2D eigenvalue weighted by atomic mass is 10.1. The molecule has 5 heteroatoms. The summed E-state index contributed by atoms with van der Waals surface area (Å²) in [6.45, 7) is 0.309. The van der Waals surface area contributed by atoms with Gasteiger partial charge in [-0.2, -0.15) is 5.10 Å². The molecule has 0 aliphatic carbocycles. The van der Waals surface area contributed by atoms with Gasteiger partial charge in [0.1, 0.15) is 6.61 Å². The molecule has 1 aromatic carbocycles. The van der Waals surface area contributed by atoms with Crippen LogP contribution in [0.3, 0.4) is 0 Å². The van der Waals surface area contributed by atoms with E-state index in [9.17, 15) is 4.79 Å². The van der Waals surface area contributed by atoms with E-state index in [1.807, 2.05) is 19.3 Å². The maximum Gasteiger partial charge on any atom is 0.252 e. The molecular formula is C16H17N3O2. The van der Waals surface area contributed by atoms with Crippen molar-refractivity contribution in [3.05, 3.63) is 53.3 Å².